The van der Waals surface area contributed by atoms with Crippen LogP contribution in [0.3, 0.4) is 0 Å². The minimum absolute atomic E-state index is 0.106. The van der Waals surface area contributed by atoms with Crippen molar-refractivity contribution in [3.8, 4) is 0 Å². The van der Waals surface area contributed by atoms with Crippen LogP contribution in [0.15, 0.2) is 72.8 Å². The lowest BCUT2D eigenvalue weighted by molar-refractivity contribution is -0.141. The molecule has 1 unspecified atom stereocenters. The van der Waals surface area contributed by atoms with Gasteiger partial charge in [0.25, 0.3) is 0 Å². The maximum atomic E-state index is 13.9. The van der Waals surface area contributed by atoms with E-state index in [9.17, 15) is 18.0 Å². The van der Waals surface area contributed by atoms with Gasteiger partial charge in [-0.05, 0) is 68.0 Å². The van der Waals surface area contributed by atoms with Crippen LogP contribution in [0.1, 0.15) is 54.0 Å². The molecular weight excluding hydrogens is 534 g/mol. The number of amides is 2. The van der Waals surface area contributed by atoms with Gasteiger partial charge in [-0.3, -0.25) is 13.9 Å². The molecule has 3 aromatic carbocycles. The van der Waals surface area contributed by atoms with E-state index in [1.807, 2.05) is 100 Å². The Morgan fingerprint density at radius 3 is 2.07 bits per heavy atom. The Bertz CT molecular complexity index is 1390. The van der Waals surface area contributed by atoms with E-state index in [1.165, 1.54) is 10.6 Å². The van der Waals surface area contributed by atoms with Gasteiger partial charge >= 0.3 is 0 Å². The number of carbonyl (C=O) groups is 2. The van der Waals surface area contributed by atoms with Crippen molar-refractivity contribution in [2.75, 3.05) is 23.7 Å². The van der Waals surface area contributed by atoms with E-state index in [2.05, 4.69) is 5.32 Å². The molecule has 7 nitrogen and oxygen atoms in total. The van der Waals surface area contributed by atoms with Crippen LogP contribution in [0.25, 0.3) is 0 Å². The van der Waals surface area contributed by atoms with E-state index >= 15 is 0 Å². The highest BCUT2D eigenvalue weighted by atomic mass is 32.2. The second kappa shape index (κ2) is 14.8. The number of rotatable bonds is 14. The quantitative estimate of drug-likeness (QED) is 0.281. The Hall–Kier alpha value is -3.65. The monoisotopic (exact) mass is 577 g/mol. The summed E-state index contributed by atoms with van der Waals surface area (Å²) in [5.74, 6) is -0.379. The summed E-state index contributed by atoms with van der Waals surface area (Å²) in [5, 5.41) is 2.99. The Kier molecular flexibility index (Phi) is 11.5. The number of carbonyl (C=O) groups excluding carboxylic acids is 2. The minimum Gasteiger partial charge on any atom is -0.354 e. The first kappa shape index (κ1) is 31.9. The highest BCUT2D eigenvalue weighted by molar-refractivity contribution is 7.92. The Balaban J connectivity index is 1.87. The highest BCUT2D eigenvalue weighted by Gasteiger charge is 2.30. The van der Waals surface area contributed by atoms with E-state index in [0.29, 0.717) is 25.1 Å². The largest absolute Gasteiger partial charge is 0.354 e. The summed E-state index contributed by atoms with van der Waals surface area (Å²) >= 11 is 0. The predicted molar refractivity (Wildman–Crippen MR) is 166 cm³/mol. The second-order valence-electron chi connectivity index (χ2n) is 10.8. The van der Waals surface area contributed by atoms with E-state index < -0.39 is 16.1 Å². The molecule has 0 spiro atoms. The third-order valence-electron chi connectivity index (χ3n) is 6.94. The van der Waals surface area contributed by atoms with Gasteiger partial charge in [-0.2, -0.15) is 0 Å². The van der Waals surface area contributed by atoms with Crippen molar-refractivity contribution < 1.29 is 18.0 Å². The van der Waals surface area contributed by atoms with Crippen LogP contribution in [0.5, 0.6) is 0 Å². The molecule has 0 saturated heterocycles. The van der Waals surface area contributed by atoms with Crippen molar-refractivity contribution in [2.45, 2.75) is 66.0 Å². The molecule has 0 heterocycles. The summed E-state index contributed by atoms with van der Waals surface area (Å²) in [6, 6.07) is 22.6. The smallest absolute Gasteiger partial charge is 0.243 e. The van der Waals surface area contributed by atoms with Crippen LogP contribution in [-0.2, 0) is 32.6 Å². The molecule has 8 heteroatoms. The van der Waals surface area contributed by atoms with Crippen molar-refractivity contribution in [2.24, 2.45) is 0 Å². The Labute approximate surface area is 245 Å². The SMILES string of the molecule is CCCNC(=O)C(Cc1ccccc1)N(Cc1ccc(C)cc1)C(=O)CCCN(c1cc(C)cc(C)c1)S(C)(=O)=O. The standard InChI is InChI=1S/C33H43N3O4S/c1-6-18-34-33(38)31(23-28-11-8-7-9-12-28)35(24-29-16-14-25(2)15-17-29)32(37)13-10-19-36(41(5,39)40)30-21-26(3)20-27(4)22-30/h7-9,11-12,14-17,20-22,31H,6,10,13,18-19,23-24H2,1-5H3,(H,34,38). The molecular formula is C33H43N3O4S. The van der Waals surface area contributed by atoms with Gasteiger partial charge in [-0.15, -0.1) is 0 Å². The maximum absolute atomic E-state index is 13.9. The molecule has 0 fully saturated rings. The number of benzene rings is 3. The number of anilines is 1. The molecule has 1 N–H and O–H groups in total. The number of nitrogens with zero attached hydrogens (tertiary/aromatic N) is 2. The number of hydrogen-bond donors (Lipinski definition) is 1. The van der Waals surface area contributed by atoms with Gasteiger partial charge in [0.15, 0.2) is 0 Å². The van der Waals surface area contributed by atoms with Crippen molar-refractivity contribution in [3.05, 3.63) is 101 Å². The van der Waals surface area contributed by atoms with Crippen LogP contribution < -0.4 is 9.62 Å². The van der Waals surface area contributed by atoms with Crippen molar-refractivity contribution in [1.29, 1.82) is 0 Å². The molecule has 3 rings (SSSR count). The summed E-state index contributed by atoms with van der Waals surface area (Å²) in [4.78, 5) is 29.0. The number of nitrogens with one attached hydrogen (secondary N) is 1. The molecule has 3 aromatic rings. The molecule has 2 amide bonds. The van der Waals surface area contributed by atoms with Crippen LogP contribution in [0.4, 0.5) is 5.69 Å². The predicted octanol–water partition coefficient (Wildman–Crippen LogP) is 5.32. The lowest BCUT2D eigenvalue weighted by atomic mass is 10.0. The molecule has 0 aliphatic heterocycles. The van der Waals surface area contributed by atoms with Crippen LogP contribution in [0, 0.1) is 20.8 Å². The number of aryl methyl sites for hydroxylation is 3. The maximum Gasteiger partial charge on any atom is 0.243 e. The zero-order chi connectivity index (χ0) is 30.0. The topological polar surface area (TPSA) is 86.8 Å². The molecule has 220 valence electrons. The zero-order valence-electron chi connectivity index (χ0n) is 24.9. The van der Waals surface area contributed by atoms with Gasteiger partial charge in [0, 0.05) is 32.5 Å². The van der Waals surface area contributed by atoms with Crippen LogP contribution in [-0.4, -0.2) is 50.5 Å². The van der Waals surface area contributed by atoms with E-state index in [0.717, 1.165) is 34.2 Å². The fraction of sp³-hybridized carbons (Fsp3) is 0.394. The first-order chi connectivity index (χ1) is 19.5. The molecule has 0 radical (unpaired) electrons. The lowest BCUT2D eigenvalue weighted by Gasteiger charge is -2.32. The third kappa shape index (κ3) is 9.74. The van der Waals surface area contributed by atoms with Gasteiger partial charge in [-0.25, -0.2) is 8.42 Å². The molecule has 0 bridgehead atoms. The lowest BCUT2D eigenvalue weighted by Crippen LogP contribution is -2.50. The van der Waals surface area contributed by atoms with Gasteiger partial charge in [-0.1, -0.05) is 73.2 Å². The highest BCUT2D eigenvalue weighted by Crippen LogP contribution is 2.23. The van der Waals surface area contributed by atoms with Gasteiger partial charge in [0.1, 0.15) is 6.04 Å². The average molecular weight is 578 g/mol. The molecule has 0 aliphatic carbocycles. The van der Waals surface area contributed by atoms with E-state index in [1.54, 1.807) is 4.90 Å². The van der Waals surface area contributed by atoms with Crippen molar-refractivity contribution in [3.63, 3.8) is 0 Å². The summed E-state index contributed by atoms with van der Waals surface area (Å²) in [5.41, 5.74) is 5.53. The van der Waals surface area contributed by atoms with Crippen molar-refractivity contribution in [1.82, 2.24) is 10.2 Å². The number of sulfonamides is 1. The minimum atomic E-state index is -3.56. The first-order valence-electron chi connectivity index (χ1n) is 14.2. The molecule has 41 heavy (non-hydrogen) atoms. The van der Waals surface area contributed by atoms with Crippen LogP contribution >= 0.6 is 0 Å². The second-order valence-corrected chi connectivity index (χ2v) is 12.7. The van der Waals surface area contributed by atoms with Crippen LogP contribution in [0.2, 0.25) is 0 Å². The molecule has 1 atom stereocenters. The van der Waals surface area contributed by atoms with E-state index in [-0.39, 0.29) is 31.3 Å². The normalized spacial score (nSPS) is 12.0. The summed E-state index contributed by atoms with van der Waals surface area (Å²) < 4.78 is 26.8. The molecule has 0 aliphatic rings. The van der Waals surface area contributed by atoms with Gasteiger partial charge < -0.3 is 10.2 Å². The average Bonchev–Trinajstić information content (AvgIpc) is 2.91. The molecule has 0 saturated carbocycles. The Morgan fingerprint density at radius 1 is 0.854 bits per heavy atom. The van der Waals surface area contributed by atoms with Gasteiger partial charge in [0.05, 0.1) is 11.9 Å². The van der Waals surface area contributed by atoms with Crippen molar-refractivity contribution >= 4 is 27.5 Å². The number of hydrogen-bond acceptors (Lipinski definition) is 4. The zero-order valence-corrected chi connectivity index (χ0v) is 25.7. The van der Waals surface area contributed by atoms with Gasteiger partial charge in [0.2, 0.25) is 21.8 Å². The third-order valence-corrected chi connectivity index (χ3v) is 8.13. The summed E-state index contributed by atoms with van der Waals surface area (Å²) in [7, 11) is -3.56. The fourth-order valence-electron chi connectivity index (χ4n) is 4.91. The molecule has 0 aromatic heterocycles. The summed E-state index contributed by atoms with van der Waals surface area (Å²) in [6.07, 6.45) is 2.78. The first-order valence-corrected chi connectivity index (χ1v) is 16.1. The fourth-order valence-corrected chi connectivity index (χ4v) is 5.86. The Morgan fingerprint density at radius 2 is 1.49 bits per heavy atom. The summed E-state index contributed by atoms with van der Waals surface area (Å²) in [6.45, 7) is 8.83. The van der Waals surface area contributed by atoms with E-state index in [4.69, 9.17) is 0 Å².